The summed E-state index contributed by atoms with van der Waals surface area (Å²) >= 11 is 5.47. The molecule has 0 bridgehead atoms. The fourth-order valence-electron chi connectivity index (χ4n) is 1.68. The van der Waals surface area contributed by atoms with E-state index in [-0.39, 0.29) is 30.3 Å². The van der Waals surface area contributed by atoms with Gasteiger partial charge in [-0.05, 0) is 12.2 Å². The van der Waals surface area contributed by atoms with Gasteiger partial charge in [0.05, 0.1) is 17.5 Å². The van der Waals surface area contributed by atoms with Gasteiger partial charge in [-0.1, -0.05) is 24.8 Å². The summed E-state index contributed by atoms with van der Waals surface area (Å²) in [6.07, 6.45) is 4.50. The minimum atomic E-state index is -1.08. The quantitative estimate of drug-likeness (QED) is 0.454. The Morgan fingerprint density at radius 1 is 1.32 bits per heavy atom. The molecule has 6 nitrogen and oxygen atoms in total. The molecule has 0 fully saturated rings. The van der Waals surface area contributed by atoms with Crippen molar-refractivity contribution in [1.82, 2.24) is 15.6 Å². The summed E-state index contributed by atoms with van der Waals surface area (Å²) in [5, 5.41) is 4.60. The lowest BCUT2D eigenvalue weighted by Crippen LogP contribution is -2.30. The molecule has 0 spiro atoms. The van der Waals surface area contributed by atoms with Crippen molar-refractivity contribution in [3.8, 4) is 0 Å². The molecule has 1 aromatic rings. The Labute approximate surface area is 164 Å². The Morgan fingerprint density at radius 3 is 2.68 bits per heavy atom. The molecule has 0 unspecified atom stereocenters. The molecule has 1 rings (SSSR count). The van der Waals surface area contributed by atoms with Crippen LogP contribution in [0.4, 0.5) is 13.2 Å². The first-order valence-electron chi connectivity index (χ1n) is 7.76. The zero-order valence-electron chi connectivity index (χ0n) is 14.6. The van der Waals surface area contributed by atoms with Crippen molar-refractivity contribution in [2.24, 2.45) is 0 Å². The van der Waals surface area contributed by atoms with Gasteiger partial charge < -0.3 is 15.4 Å². The summed E-state index contributed by atoms with van der Waals surface area (Å²) in [5.41, 5.74) is -0.260. The molecule has 1 aromatic heterocycles. The number of pyridine rings is 1. The number of hydrogen-bond acceptors (Lipinski definition) is 4. The molecule has 2 N–H and O–H groups in total. The number of carbonyl (C=O) groups excluding carboxylic acids is 2. The first-order valence-corrected chi connectivity index (χ1v) is 8.14. The predicted octanol–water partition coefficient (Wildman–Crippen LogP) is 3.25. The van der Waals surface area contributed by atoms with Crippen molar-refractivity contribution >= 4 is 23.4 Å². The third kappa shape index (κ3) is 8.54. The average Bonchev–Trinajstić information content (AvgIpc) is 2.60. The van der Waals surface area contributed by atoms with Crippen molar-refractivity contribution in [1.29, 1.82) is 0 Å². The van der Waals surface area contributed by atoms with Crippen LogP contribution in [0, 0.1) is 11.6 Å². The lowest BCUT2D eigenvalue weighted by Gasteiger charge is -2.09. The van der Waals surface area contributed by atoms with Gasteiger partial charge in [0, 0.05) is 24.7 Å². The molecule has 28 heavy (non-hydrogen) atoms. The second kappa shape index (κ2) is 11.6. The molecule has 150 valence electrons. The van der Waals surface area contributed by atoms with Gasteiger partial charge in [0.25, 0.3) is 11.8 Å². The van der Waals surface area contributed by atoms with E-state index in [1.54, 1.807) is 0 Å². The smallest absolute Gasteiger partial charge is 0.272 e. The van der Waals surface area contributed by atoms with Crippen molar-refractivity contribution in [2.45, 2.75) is 6.42 Å². The number of carbonyl (C=O) groups is 2. The van der Waals surface area contributed by atoms with Crippen LogP contribution in [0.5, 0.6) is 0 Å². The number of amides is 2. The number of halogens is 4. The first kappa shape index (κ1) is 23.0. The minimum absolute atomic E-state index is 0.0353. The van der Waals surface area contributed by atoms with E-state index in [1.807, 2.05) is 0 Å². The van der Waals surface area contributed by atoms with Gasteiger partial charge in [-0.3, -0.25) is 9.59 Å². The zero-order chi connectivity index (χ0) is 21.1. The molecule has 0 radical (unpaired) electrons. The third-order valence-electron chi connectivity index (χ3n) is 2.94. The normalized spacial score (nSPS) is 11.2. The van der Waals surface area contributed by atoms with Crippen LogP contribution in [0.1, 0.15) is 16.9 Å². The molecule has 0 aliphatic rings. The number of aromatic nitrogens is 1. The maximum atomic E-state index is 13.4. The number of hydrogen-bond donors (Lipinski definition) is 2. The highest BCUT2D eigenvalue weighted by Gasteiger charge is 2.14. The van der Waals surface area contributed by atoms with Gasteiger partial charge >= 0.3 is 0 Å². The second-order valence-electron chi connectivity index (χ2n) is 5.20. The SMILES string of the molecule is C=C(CCNC(=O)c1ncc(F)cc1F)NC(=O)CO/C=C/C=C(/Cl)C(=C)F. The molecule has 0 aromatic carbocycles. The van der Waals surface area contributed by atoms with Gasteiger partial charge in [-0.2, -0.15) is 0 Å². The van der Waals surface area contributed by atoms with Crippen LogP contribution < -0.4 is 10.6 Å². The van der Waals surface area contributed by atoms with Gasteiger partial charge in [0.15, 0.2) is 18.1 Å². The van der Waals surface area contributed by atoms with Crippen LogP contribution in [0.25, 0.3) is 0 Å². The van der Waals surface area contributed by atoms with Crippen molar-refractivity contribution in [2.75, 3.05) is 13.2 Å². The van der Waals surface area contributed by atoms with Crippen LogP contribution in [0.2, 0.25) is 0 Å². The molecule has 0 aliphatic carbocycles. The van der Waals surface area contributed by atoms with E-state index in [4.69, 9.17) is 16.3 Å². The van der Waals surface area contributed by atoms with E-state index in [1.165, 1.54) is 12.2 Å². The van der Waals surface area contributed by atoms with Crippen LogP contribution in [-0.4, -0.2) is 29.9 Å². The first-order chi connectivity index (χ1) is 13.2. The maximum absolute atomic E-state index is 13.4. The molecule has 10 heteroatoms. The Balaban J connectivity index is 2.29. The number of ether oxygens (including phenoxy) is 1. The van der Waals surface area contributed by atoms with Gasteiger partial charge in [0.2, 0.25) is 0 Å². The minimum Gasteiger partial charge on any atom is -0.491 e. The second-order valence-corrected chi connectivity index (χ2v) is 5.61. The number of nitrogens with zero attached hydrogens (tertiary/aromatic N) is 1. The molecular formula is C18H17ClF3N3O3. The van der Waals surface area contributed by atoms with Crippen molar-refractivity contribution < 1.29 is 27.5 Å². The van der Waals surface area contributed by atoms with Crippen molar-refractivity contribution in [3.63, 3.8) is 0 Å². The Kier molecular flexibility index (Phi) is 9.52. The lowest BCUT2D eigenvalue weighted by atomic mass is 10.3. The summed E-state index contributed by atoms with van der Waals surface area (Å²) in [6, 6.07) is 0.549. The van der Waals surface area contributed by atoms with Gasteiger partial charge in [0.1, 0.15) is 11.6 Å². The topological polar surface area (TPSA) is 80.3 Å². The fourth-order valence-corrected chi connectivity index (χ4v) is 1.75. The molecular weight excluding hydrogens is 399 g/mol. The van der Waals surface area contributed by atoms with E-state index in [9.17, 15) is 22.8 Å². The highest BCUT2D eigenvalue weighted by atomic mass is 35.5. The van der Waals surface area contributed by atoms with Crippen LogP contribution in [0.3, 0.4) is 0 Å². The number of rotatable bonds is 10. The molecule has 2 amide bonds. The summed E-state index contributed by atoms with van der Waals surface area (Å²) in [7, 11) is 0. The highest BCUT2D eigenvalue weighted by molar-refractivity contribution is 6.31. The van der Waals surface area contributed by atoms with Crippen LogP contribution >= 0.6 is 11.6 Å². The summed E-state index contributed by atoms with van der Waals surface area (Å²) in [6.45, 7) is 6.30. The molecule has 0 atom stereocenters. The van der Waals surface area contributed by atoms with Crippen LogP contribution in [0.15, 0.2) is 60.4 Å². The zero-order valence-corrected chi connectivity index (χ0v) is 15.4. The van der Waals surface area contributed by atoms with Crippen LogP contribution in [-0.2, 0) is 9.53 Å². The summed E-state index contributed by atoms with van der Waals surface area (Å²) in [5.74, 6) is -4.12. The van der Waals surface area contributed by atoms with E-state index in [0.29, 0.717) is 6.07 Å². The Morgan fingerprint density at radius 2 is 2.04 bits per heavy atom. The standard InChI is InChI=1S/C18H17ClF3N3O3/c1-11(25-16(26)10-28-7-3-4-14(19)12(2)20)5-6-23-18(27)17-15(22)8-13(21)9-24-17/h3-4,7-9H,1-2,5-6,10H2,(H,23,27)(H,25,26)/b7-3+,14-4+. The molecule has 1 heterocycles. The van der Waals surface area contributed by atoms with E-state index in [2.05, 4.69) is 28.8 Å². The van der Waals surface area contributed by atoms with Crippen molar-refractivity contribution in [3.05, 3.63) is 77.7 Å². The lowest BCUT2D eigenvalue weighted by molar-refractivity contribution is -0.123. The molecule has 0 saturated carbocycles. The summed E-state index contributed by atoms with van der Waals surface area (Å²) < 4.78 is 43.6. The third-order valence-corrected chi connectivity index (χ3v) is 3.27. The van der Waals surface area contributed by atoms with Gasteiger partial charge in [-0.25, -0.2) is 18.2 Å². The number of nitrogens with one attached hydrogen (secondary N) is 2. The van der Waals surface area contributed by atoms with E-state index < -0.39 is 35.0 Å². The monoisotopic (exact) mass is 415 g/mol. The molecule has 0 aliphatic heterocycles. The fraction of sp³-hybridized carbons (Fsp3) is 0.167. The highest BCUT2D eigenvalue weighted by Crippen LogP contribution is 2.13. The van der Waals surface area contributed by atoms with E-state index >= 15 is 0 Å². The average molecular weight is 416 g/mol. The Hall–Kier alpha value is -3.07. The number of allylic oxidation sites excluding steroid dienone is 4. The largest absolute Gasteiger partial charge is 0.491 e. The maximum Gasteiger partial charge on any atom is 0.272 e. The predicted molar refractivity (Wildman–Crippen MR) is 97.7 cm³/mol. The molecule has 0 saturated heterocycles. The summed E-state index contributed by atoms with van der Waals surface area (Å²) in [4.78, 5) is 26.8. The van der Waals surface area contributed by atoms with Gasteiger partial charge in [-0.15, -0.1) is 0 Å². The Bertz CT molecular complexity index is 826. The van der Waals surface area contributed by atoms with E-state index in [0.717, 1.165) is 12.5 Å².